The van der Waals surface area contributed by atoms with Gasteiger partial charge >= 0.3 is 0 Å². The molecule has 4 rings (SSSR count). The Morgan fingerprint density at radius 2 is 1.56 bits per heavy atom. The van der Waals surface area contributed by atoms with Crippen LogP contribution in [0.4, 0.5) is 23.5 Å². The molecule has 9 nitrogen and oxygen atoms in total. The number of benzene rings is 1. The van der Waals surface area contributed by atoms with Crippen molar-refractivity contribution in [1.29, 1.82) is 0 Å². The Balaban J connectivity index is 1.28. The molecule has 1 aromatic carbocycles. The third-order valence-electron chi connectivity index (χ3n) is 5.98. The van der Waals surface area contributed by atoms with Crippen LogP contribution in [-0.2, 0) is 0 Å². The van der Waals surface area contributed by atoms with Gasteiger partial charge in [0.1, 0.15) is 0 Å². The van der Waals surface area contributed by atoms with Crippen LogP contribution in [0.2, 0.25) is 0 Å². The Bertz CT molecular complexity index is 1050. The summed E-state index contributed by atoms with van der Waals surface area (Å²) in [4.78, 5) is 20.5. The summed E-state index contributed by atoms with van der Waals surface area (Å²) in [5.41, 5.74) is 3.37. The summed E-state index contributed by atoms with van der Waals surface area (Å²) in [7, 11) is 0. The van der Waals surface area contributed by atoms with E-state index in [1.54, 1.807) is 0 Å². The Hall–Kier alpha value is -3.20. The smallest absolute Gasteiger partial charge is 0.231 e. The number of hydrogen-bond acceptors (Lipinski definition) is 9. The fraction of sp³-hybridized carbons (Fsp3) is 0.520. The number of pyridine rings is 1. The predicted octanol–water partition coefficient (Wildman–Crippen LogP) is 3.82. The first-order chi connectivity index (χ1) is 16.7. The quantitative estimate of drug-likeness (QED) is 0.297. The molecule has 1 aliphatic rings. The molecule has 3 heterocycles. The molecule has 4 N–H and O–H groups in total. The number of aliphatic hydroxyl groups is 1. The first-order valence-corrected chi connectivity index (χ1v) is 12.4. The standard InChI is InChI=1S/C25H36N8O/c1-19-8-9-20-21(10-14-27-22(20)18-19)26-11-3-4-12-28-23-30-24(29-13-7-17-34)32-25(31-23)33-15-5-2-6-16-33/h8-10,14,18,34H,2-7,11-13,15-17H2,1H3,(H,26,27)(H2,28,29,30,31,32). The van der Waals surface area contributed by atoms with Gasteiger partial charge in [0, 0.05) is 56.6 Å². The zero-order chi connectivity index (χ0) is 23.6. The van der Waals surface area contributed by atoms with Crippen LogP contribution in [0.1, 0.15) is 44.1 Å². The molecule has 0 unspecified atom stereocenters. The van der Waals surface area contributed by atoms with Gasteiger partial charge in [-0.05, 0) is 63.1 Å². The Morgan fingerprint density at radius 1 is 0.853 bits per heavy atom. The Labute approximate surface area is 201 Å². The lowest BCUT2D eigenvalue weighted by Crippen LogP contribution is -2.31. The Kier molecular flexibility index (Phi) is 8.67. The molecule has 0 atom stereocenters. The molecule has 1 fully saturated rings. The number of nitrogens with zero attached hydrogens (tertiary/aromatic N) is 5. The normalized spacial score (nSPS) is 13.8. The minimum absolute atomic E-state index is 0.144. The van der Waals surface area contributed by atoms with Crippen LogP contribution >= 0.6 is 0 Å². The van der Waals surface area contributed by atoms with E-state index in [-0.39, 0.29) is 6.61 Å². The summed E-state index contributed by atoms with van der Waals surface area (Å²) < 4.78 is 0. The lowest BCUT2D eigenvalue weighted by Gasteiger charge is -2.27. The van der Waals surface area contributed by atoms with Crippen molar-refractivity contribution in [1.82, 2.24) is 19.9 Å². The molecule has 0 radical (unpaired) electrons. The highest BCUT2D eigenvalue weighted by molar-refractivity contribution is 5.91. The van der Waals surface area contributed by atoms with E-state index in [1.165, 1.54) is 24.8 Å². The molecule has 0 bridgehead atoms. The largest absolute Gasteiger partial charge is 0.396 e. The fourth-order valence-electron chi connectivity index (χ4n) is 4.12. The van der Waals surface area contributed by atoms with Crippen LogP contribution in [0, 0.1) is 6.92 Å². The number of fused-ring (bicyclic) bond motifs is 1. The van der Waals surface area contributed by atoms with Gasteiger partial charge in [-0.15, -0.1) is 0 Å². The van der Waals surface area contributed by atoms with Crippen LogP contribution in [0.5, 0.6) is 0 Å². The average Bonchev–Trinajstić information content (AvgIpc) is 2.86. The van der Waals surface area contributed by atoms with Crippen molar-refractivity contribution >= 4 is 34.4 Å². The van der Waals surface area contributed by atoms with Gasteiger partial charge in [0.05, 0.1) is 5.52 Å². The van der Waals surface area contributed by atoms with Gasteiger partial charge < -0.3 is 26.0 Å². The van der Waals surface area contributed by atoms with E-state index in [2.05, 4.69) is 65.9 Å². The zero-order valence-electron chi connectivity index (χ0n) is 20.1. The van der Waals surface area contributed by atoms with E-state index in [9.17, 15) is 0 Å². The SMILES string of the molecule is Cc1ccc2c(NCCCCNc3nc(NCCCO)nc(N4CCCCC4)n3)ccnc2c1. The molecule has 0 saturated carbocycles. The number of anilines is 4. The summed E-state index contributed by atoms with van der Waals surface area (Å²) in [6, 6.07) is 8.41. The van der Waals surface area contributed by atoms with Gasteiger partial charge in [0.2, 0.25) is 17.8 Å². The Morgan fingerprint density at radius 3 is 2.29 bits per heavy atom. The molecule has 182 valence electrons. The van der Waals surface area contributed by atoms with Crippen molar-refractivity contribution < 1.29 is 5.11 Å². The zero-order valence-corrected chi connectivity index (χ0v) is 20.1. The first kappa shape index (κ1) is 23.9. The number of nitrogens with one attached hydrogen (secondary N) is 3. The lowest BCUT2D eigenvalue weighted by atomic mass is 10.1. The number of aromatic nitrogens is 4. The van der Waals surface area contributed by atoms with E-state index in [1.807, 2.05) is 12.3 Å². The van der Waals surface area contributed by atoms with E-state index in [0.717, 1.165) is 61.6 Å². The second-order valence-electron chi connectivity index (χ2n) is 8.77. The molecule has 2 aromatic heterocycles. The fourth-order valence-corrected chi connectivity index (χ4v) is 4.12. The first-order valence-electron chi connectivity index (χ1n) is 12.4. The van der Waals surface area contributed by atoms with Crippen LogP contribution in [0.3, 0.4) is 0 Å². The maximum absolute atomic E-state index is 9.06. The van der Waals surface area contributed by atoms with Gasteiger partial charge in [-0.1, -0.05) is 12.1 Å². The van der Waals surface area contributed by atoms with Crippen LogP contribution < -0.4 is 20.9 Å². The second-order valence-corrected chi connectivity index (χ2v) is 8.77. The molecule has 3 aromatic rings. The summed E-state index contributed by atoms with van der Waals surface area (Å²) in [5, 5.41) is 20.3. The number of rotatable bonds is 12. The lowest BCUT2D eigenvalue weighted by molar-refractivity contribution is 0.292. The predicted molar refractivity (Wildman–Crippen MR) is 139 cm³/mol. The molecular weight excluding hydrogens is 428 g/mol. The van der Waals surface area contributed by atoms with Crippen molar-refractivity contribution in [3.05, 3.63) is 36.0 Å². The topological polar surface area (TPSA) is 111 Å². The molecule has 1 saturated heterocycles. The van der Waals surface area contributed by atoms with Gasteiger partial charge in [-0.3, -0.25) is 4.98 Å². The van der Waals surface area contributed by atoms with Crippen molar-refractivity contribution in [2.24, 2.45) is 0 Å². The second kappa shape index (κ2) is 12.3. The number of unbranched alkanes of at least 4 members (excludes halogenated alkanes) is 1. The maximum atomic E-state index is 9.06. The summed E-state index contributed by atoms with van der Waals surface area (Å²) in [6.07, 6.45) is 8.13. The molecule has 0 aliphatic carbocycles. The van der Waals surface area contributed by atoms with E-state index in [4.69, 9.17) is 5.11 Å². The minimum atomic E-state index is 0.144. The van der Waals surface area contributed by atoms with E-state index in [0.29, 0.717) is 24.9 Å². The van der Waals surface area contributed by atoms with Crippen molar-refractivity contribution in [2.45, 2.75) is 45.4 Å². The highest BCUT2D eigenvalue weighted by atomic mass is 16.3. The molecule has 34 heavy (non-hydrogen) atoms. The molecule has 9 heteroatoms. The number of aliphatic hydroxyl groups excluding tert-OH is 1. The summed E-state index contributed by atoms with van der Waals surface area (Å²) >= 11 is 0. The van der Waals surface area contributed by atoms with Gasteiger partial charge in [0.25, 0.3) is 0 Å². The van der Waals surface area contributed by atoms with E-state index < -0.39 is 0 Å². The maximum Gasteiger partial charge on any atom is 0.231 e. The number of piperidine rings is 1. The molecular formula is C25H36N8O. The van der Waals surface area contributed by atoms with Crippen LogP contribution in [0.25, 0.3) is 10.9 Å². The highest BCUT2D eigenvalue weighted by Crippen LogP contribution is 2.22. The average molecular weight is 465 g/mol. The van der Waals surface area contributed by atoms with Crippen LogP contribution in [-0.4, -0.2) is 64.4 Å². The van der Waals surface area contributed by atoms with Crippen molar-refractivity contribution in [3.8, 4) is 0 Å². The van der Waals surface area contributed by atoms with Gasteiger partial charge in [-0.2, -0.15) is 15.0 Å². The molecule has 1 aliphatic heterocycles. The minimum Gasteiger partial charge on any atom is -0.396 e. The summed E-state index contributed by atoms with van der Waals surface area (Å²) in [5.74, 6) is 1.89. The van der Waals surface area contributed by atoms with Gasteiger partial charge in [0.15, 0.2) is 0 Å². The van der Waals surface area contributed by atoms with Gasteiger partial charge in [-0.25, -0.2) is 0 Å². The van der Waals surface area contributed by atoms with Crippen molar-refractivity contribution in [2.75, 3.05) is 60.2 Å². The van der Waals surface area contributed by atoms with Crippen LogP contribution in [0.15, 0.2) is 30.5 Å². The monoisotopic (exact) mass is 464 g/mol. The number of hydrogen-bond donors (Lipinski definition) is 4. The van der Waals surface area contributed by atoms with E-state index >= 15 is 0 Å². The van der Waals surface area contributed by atoms with Crippen molar-refractivity contribution in [3.63, 3.8) is 0 Å². The highest BCUT2D eigenvalue weighted by Gasteiger charge is 2.16. The molecule has 0 amide bonds. The molecule has 0 spiro atoms. The number of aryl methyl sites for hydroxylation is 1. The summed E-state index contributed by atoms with van der Waals surface area (Å²) in [6.45, 7) is 6.50. The third kappa shape index (κ3) is 6.66. The third-order valence-corrected chi connectivity index (χ3v) is 5.98.